The van der Waals surface area contributed by atoms with E-state index in [1.54, 1.807) is 0 Å². The van der Waals surface area contributed by atoms with Crippen LogP contribution in [0.3, 0.4) is 0 Å². The standard InChI is InChI=1S/C13H17FN2O5S/c1-20-12-4-3-10(9-11(12)14)22(18,19)16-7-5-15(6-8-16)13(17)21-2/h3-4,9H,5-8H2,1-2H3. The first kappa shape index (κ1) is 16.5. The minimum atomic E-state index is -3.81. The molecule has 1 aliphatic heterocycles. The molecule has 1 fully saturated rings. The van der Waals surface area contributed by atoms with E-state index in [9.17, 15) is 17.6 Å². The van der Waals surface area contributed by atoms with Crippen molar-refractivity contribution in [1.82, 2.24) is 9.21 Å². The Morgan fingerprint density at radius 1 is 1.18 bits per heavy atom. The van der Waals surface area contributed by atoms with Gasteiger partial charge in [-0.25, -0.2) is 17.6 Å². The molecule has 1 saturated heterocycles. The van der Waals surface area contributed by atoms with Gasteiger partial charge in [-0.2, -0.15) is 4.31 Å². The second kappa shape index (κ2) is 6.49. The first-order valence-electron chi connectivity index (χ1n) is 6.56. The highest BCUT2D eigenvalue weighted by Gasteiger charge is 2.30. The van der Waals surface area contributed by atoms with Crippen molar-refractivity contribution in [1.29, 1.82) is 0 Å². The van der Waals surface area contributed by atoms with Crippen LogP contribution < -0.4 is 4.74 Å². The molecule has 7 nitrogen and oxygen atoms in total. The van der Waals surface area contributed by atoms with Gasteiger partial charge in [0.15, 0.2) is 11.6 Å². The van der Waals surface area contributed by atoms with Gasteiger partial charge in [-0.1, -0.05) is 0 Å². The van der Waals surface area contributed by atoms with Crippen molar-refractivity contribution in [2.75, 3.05) is 40.4 Å². The Balaban J connectivity index is 2.15. The molecule has 1 aromatic carbocycles. The largest absolute Gasteiger partial charge is 0.494 e. The zero-order valence-corrected chi connectivity index (χ0v) is 13.1. The second-order valence-corrected chi connectivity index (χ2v) is 6.60. The van der Waals surface area contributed by atoms with Gasteiger partial charge in [-0.15, -0.1) is 0 Å². The quantitative estimate of drug-likeness (QED) is 0.822. The number of carbonyl (C=O) groups is 1. The van der Waals surface area contributed by atoms with Crippen LogP contribution in [-0.4, -0.2) is 64.1 Å². The van der Waals surface area contributed by atoms with E-state index >= 15 is 0 Å². The molecule has 0 aromatic heterocycles. The summed E-state index contributed by atoms with van der Waals surface area (Å²) in [5, 5.41) is 0. The minimum absolute atomic E-state index is 0.0190. The van der Waals surface area contributed by atoms with E-state index in [4.69, 9.17) is 4.74 Å². The molecule has 1 heterocycles. The first-order valence-corrected chi connectivity index (χ1v) is 8.00. The molecule has 0 radical (unpaired) electrons. The van der Waals surface area contributed by atoms with Crippen LogP contribution in [0.2, 0.25) is 0 Å². The van der Waals surface area contributed by atoms with Gasteiger partial charge in [0.25, 0.3) is 0 Å². The first-order chi connectivity index (χ1) is 10.4. The van der Waals surface area contributed by atoms with Crippen LogP contribution in [0.5, 0.6) is 5.75 Å². The third kappa shape index (κ3) is 3.14. The topological polar surface area (TPSA) is 76.2 Å². The van der Waals surface area contributed by atoms with Gasteiger partial charge < -0.3 is 14.4 Å². The van der Waals surface area contributed by atoms with E-state index in [1.807, 2.05) is 0 Å². The highest BCUT2D eigenvalue weighted by Crippen LogP contribution is 2.23. The number of amides is 1. The zero-order valence-electron chi connectivity index (χ0n) is 12.3. The normalized spacial score (nSPS) is 16.4. The number of nitrogens with zero attached hydrogens (tertiary/aromatic N) is 2. The van der Waals surface area contributed by atoms with Gasteiger partial charge in [-0.05, 0) is 18.2 Å². The molecule has 1 aromatic rings. The summed E-state index contributed by atoms with van der Waals surface area (Å²) in [5.41, 5.74) is 0. The third-order valence-electron chi connectivity index (χ3n) is 3.43. The van der Waals surface area contributed by atoms with Gasteiger partial charge in [-0.3, -0.25) is 0 Å². The Hall–Kier alpha value is -1.87. The molecule has 1 amide bonds. The van der Waals surface area contributed by atoms with Crippen molar-refractivity contribution in [3.63, 3.8) is 0 Å². The summed E-state index contributed by atoms with van der Waals surface area (Å²) in [6.45, 7) is 0.714. The molecule has 0 bridgehead atoms. The van der Waals surface area contributed by atoms with E-state index in [0.29, 0.717) is 0 Å². The molecule has 22 heavy (non-hydrogen) atoms. The molecular weight excluding hydrogens is 315 g/mol. The lowest BCUT2D eigenvalue weighted by Crippen LogP contribution is -2.50. The summed E-state index contributed by atoms with van der Waals surface area (Å²) in [7, 11) is -1.23. The number of carbonyl (C=O) groups excluding carboxylic acids is 1. The zero-order chi connectivity index (χ0) is 16.3. The Labute approximate surface area is 128 Å². The molecule has 1 aliphatic rings. The molecule has 122 valence electrons. The number of ether oxygens (including phenoxy) is 2. The Morgan fingerprint density at radius 3 is 2.32 bits per heavy atom. The van der Waals surface area contributed by atoms with Crippen LogP contribution in [0.25, 0.3) is 0 Å². The molecule has 0 aliphatic carbocycles. The molecule has 0 saturated carbocycles. The fourth-order valence-corrected chi connectivity index (χ4v) is 3.63. The number of benzene rings is 1. The highest BCUT2D eigenvalue weighted by molar-refractivity contribution is 7.89. The number of hydrogen-bond acceptors (Lipinski definition) is 5. The van der Waals surface area contributed by atoms with Crippen molar-refractivity contribution in [3.05, 3.63) is 24.0 Å². The average Bonchev–Trinajstić information content (AvgIpc) is 2.54. The number of halogens is 1. The SMILES string of the molecule is COC(=O)N1CCN(S(=O)(=O)c2ccc(OC)c(F)c2)CC1. The van der Waals surface area contributed by atoms with Gasteiger partial charge in [0.05, 0.1) is 19.1 Å². The van der Waals surface area contributed by atoms with E-state index in [1.165, 1.54) is 35.6 Å². The van der Waals surface area contributed by atoms with Gasteiger partial charge >= 0.3 is 6.09 Å². The monoisotopic (exact) mass is 332 g/mol. The summed E-state index contributed by atoms with van der Waals surface area (Å²) < 4.78 is 49.2. The molecule has 0 spiro atoms. The van der Waals surface area contributed by atoms with E-state index in [2.05, 4.69) is 4.74 Å². The Bertz CT molecular complexity index is 656. The number of sulfonamides is 1. The Morgan fingerprint density at radius 2 is 1.82 bits per heavy atom. The van der Waals surface area contributed by atoms with Crippen molar-refractivity contribution >= 4 is 16.1 Å². The van der Waals surface area contributed by atoms with Crippen LogP contribution in [0, 0.1) is 5.82 Å². The van der Waals surface area contributed by atoms with Gasteiger partial charge in [0.1, 0.15) is 0 Å². The summed E-state index contributed by atoms with van der Waals surface area (Å²) >= 11 is 0. The summed E-state index contributed by atoms with van der Waals surface area (Å²) in [5.74, 6) is -0.758. The predicted molar refractivity (Wildman–Crippen MR) is 75.7 cm³/mol. The van der Waals surface area contributed by atoms with Crippen molar-refractivity contribution in [2.45, 2.75) is 4.90 Å². The van der Waals surface area contributed by atoms with E-state index < -0.39 is 21.9 Å². The maximum atomic E-state index is 13.7. The summed E-state index contributed by atoms with van der Waals surface area (Å²) in [6.07, 6.45) is -0.493. The maximum Gasteiger partial charge on any atom is 0.409 e. The third-order valence-corrected chi connectivity index (χ3v) is 5.33. The van der Waals surface area contributed by atoms with Crippen molar-refractivity contribution in [2.24, 2.45) is 0 Å². The molecule has 9 heteroatoms. The summed E-state index contributed by atoms with van der Waals surface area (Å²) in [6, 6.07) is 3.50. The number of piperazine rings is 1. The summed E-state index contributed by atoms with van der Waals surface area (Å²) in [4.78, 5) is 12.7. The lowest BCUT2D eigenvalue weighted by atomic mass is 10.3. The average molecular weight is 332 g/mol. The minimum Gasteiger partial charge on any atom is -0.494 e. The van der Waals surface area contributed by atoms with E-state index in [0.717, 1.165) is 6.07 Å². The molecular formula is C13H17FN2O5S. The van der Waals surface area contributed by atoms with Crippen LogP contribution in [0.15, 0.2) is 23.1 Å². The lowest BCUT2D eigenvalue weighted by Gasteiger charge is -2.33. The maximum absolute atomic E-state index is 13.7. The molecule has 0 atom stereocenters. The van der Waals surface area contributed by atoms with Gasteiger partial charge in [0, 0.05) is 26.2 Å². The number of hydrogen-bond donors (Lipinski definition) is 0. The van der Waals surface area contributed by atoms with Crippen LogP contribution in [0.4, 0.5) is 9.18 Å². The van der Waals surface area contributed by atoms with Crippen LogP contribution in [0.1, 0.15) is 0 Å². The van der Waals surface area contributed by atoms with Crippen molar-refractivity contribution < 1.29 is 27.1 Å². The predicted octanol–water partition coefficient (Wildman–Crippen LogP) is 0.907. The van der Waals surface area contributed by atoms with Crippen LogP contribution >= 0.6 is 0 Å². The van der Waals surface area contributed by atoms with Crippen LogP contribution in [-0.2, 0) is 14.8 Å². The number of methoxy groups -OCH3 is 2. The van der Waals surface area contributed by atoms with Crippen molar-refractivity contribution in [3.8, 4) is 5.75 Å². The Kier molecular flexibility index (Phi) is 4.87. The smallest absolute Gasteiger partial charge is 0.409 e. The number of rotatable bonds is 3. The van der Waals surface area contributed by atoms with Gasteiger partial charge in [0.2, 0.25) is 10.0 Å². The molecule has 0 unspecified atom stereocenters. The second-order valence-electron chi connectivity index (χ2n) is 4.66. The van der Waals surface area contributed by atoms with E-state index in [-0.39, 0.29) is 36.8 Å². The fraction of sp³-hybridized carbons (Fsp3) is 0.462. The molecule has 2 rings (SSSR count). The lowest BCUT2D eigenvalue weighted by molar-refractivity contribution is 0.108. The molecule has 0 N–H and O–H groups in total. The highest BCUT2D eigenvalue weighted by atomic mass is 32.2. The fourth-order valence-electron chi connectivity index (χ4n) is 2.20.